The van der Waals surface area contributed by atoms with Crippen molar-refractivity contribution in [2.45, 2.75) is 13.8 Å². The molecule has 0 radical (unpaired) electrons. The quantitative estimate of drug-likeness (QED) is 0.860. The van der Waals surface area contributed by atoms with Gasteiger partial charge in [-0.25, -0.2) is 0 Å². The zero-order valence-electron chi connectivity index (χ0n) is 14.9. The number of nitriles is 1. The van der Waals surface area contributed by atoms with Crippen molar-refractivity contribution < 1.29 is 0 Å². The molecule has 4 heteroatoms. The number of anilines is 1. The van der Waals surface area contributed by atoms with Crippen molar-refractivity contribution in [1.82, 2.24) is 9.88 Å². The summed E-state index contributed by atoms with van der Waals surface area (Å²) >= 11 is 0. The van der Waals surface area contributed by atoms with Crippen molar-refractivity contribution in [3.8, 4) is 6.07 Å². The van der Waals surface area contributed by atoms with Crippen molar-refractivity contribution in [3.05, 3.63) is 65.0 Å². The molecular weight excluding hydrogens is 308 g/mol. The molecule has 1 aromatic carbocycles. The maximum atomic E-state index is 9.46. The minimum absolute atomic E-state index is 0.711. The van der Waals surface area contributed by atoms with Crippen LogP contribution >= 0.6 is 0 Å². The Labute approximate surface area is 150 Å². The molecule has 2 heterocycles. The third kappa shape index (κ3) is 4.26. The molecule has 25 heavy (non-hydrogen) atoms. The van der Waals surface area contributed by atoms with Crippen LogP contribution in [0.2, 0.25) is 0 Å². The average molecular weight is 332 g/mol. The molecule has 128 valence electrons. The highest BCUT2D eigenvalue weighted by Crippen LogP contribution is 2.24. The molecule has 1 saturated heterocycles. The molecular formula is C21H24N4. The van der Waals surface area contributed by atoms with Gasteiger partial charge in [0.05, 0.1) is 16.9 Å². The van der Waals surface area contributed by atoms with E-state index in [1.165, 1.54) is 5.56 Å². The zero-order chi connectivity index (χ0) is 17.6. The van der Waals surface area contributed by atoms with Crippen LogP contribution in [0.5, 0.6) is 0 Å². The first kappa shape index (κ1) is 17.2. The van der Waals surface area contributed by atoms with Gasteiger partial charge in [0.25, 0.3) is 0 Å². The number of hydrogen-bond donors (Lipinski definition) is 0. The van der Waals surface area contributed by atoms with E-state index in [2.05, 4.69) is 57.3 Å². The molecule has 1 aliphatic rings. The van der Waals surface area contributed by atoms with Crippen molar-refractivity contribution in [2.75, 3.05) is 37.6 Å². The Kier molecular flexibility index (Phi) is 5.47. The maximum absolute atomic E-state index is 9.46. The number of aryl methyl sites for hydroxylation is 2. The van der Waals surface area contributed by atoms with Crippen molar-refractivity contribution >= 4 is 11.8 Å². The van der Waals surface area contributed by atoms with Crippen molar-refractivity contribution in [3.63, 3.8) is 0 Å². The van der Waals surface area contributed by atoms with Crippen LogP contribution in [-0.2, 0) is 0 Å². The number of rotatable bonds is 4. The Morgan fingerprint density at radius 1 is 1.12 bits per heavy atom. The summed E-state index contributed by atoms with van der Waals surface area (Å²) in [6.07, 6.45) is 4.40. The van der Waals surface area contributed by atoms with Gasteiger partial charge in [0.1, 0.15) is 6.07 Å². The van der Waals surface area contributed by atoms with Gasteiger partial charge in [-0.1, -0.05) is 42.5 Å². The van der Waals surface area contributed by atoms with Gasteiger partial charge in [0, 0.05) is 38.4 Å². The number of nitrogens with zero attached hydrogens (tertiary/aromatic N) is 4. The van der Waals surface area contributed by atoms with E-state index in [0.717, 1.165) is 49.8 Å². The molecule has 1 aliphatic heterocycles. The first-order valence-electron chi connectivity index (χ1n) is 8.74. The summed E-state index contributed by atoms with van der Waals surface area (Å²) < 4.78 is 0. The lowest BCUT2D eigenvalue weighted by Gasteiger charge is -2.36. The molecule has 0 amide bonds. The maximum Gasteiger partial charge on any atom is 0.103 e. The smallest absolute Gasteiger partial charge is 0.103 e. The van der Waals surface area contributed by atoms with Crippen LogP contribution in [0.3, 0.4) is 0 Å². The fourth-order valence-electron chi connectivity index (χ4n) is 3.27. The number of hydrogen-bond acceptors (Lipinski definition) is 4. The monoisotopic (exact) mass is 332 g/mol. The average Bonchev–Trinajstić information content (AvgIpc) is 2.63. The number of piperazine rings is 1. The summed E-state index contributed by atoms with van der Waals surface area (Å²) in [5, 5.41) is 9.46. The van der Waals surface area contributed by atoms with Gasteiger partial charge in [-0.15, -0.1) is 0 Å². The summed E-state index contributed by atoms with van der Waals surface area (Å²) in [6.45, 7) is 8.76. The molecule has 0 N–H and O–H groups in total. The summed E-state index contributed by atoms with van der Waals surface area (Å²) in [4.78, 5) is 9.18. The third-order valence-electron chi connectivity index (χ3n) is 4.61. The van der Waals surface area contributed by atoms with E-state index in [1.54, 1.807) is 0 Å². The predicted molar refractivity (Wildman–Crippen MR) is 103 cm³/mol. The molecule has 3 rings (SSSR count). The molecule has 4 nitrogen and oxygen atoms in total. The van der Waals surface area contributed by atoms with E-state index in [1.807, 2.05) is 26.0 Å². The van der Waals surface area contributed by atoms with Crippen LogP contribution in [-0.4, -0.2) is 42.6 Å². The van der Waals surface area contributed by atoms with Crippen LogP contribution in [0.4, 0.5) is 5.69 Å². The highest BCUT2D eigenvalue weighted by molar-refractivity contribution is 5.62. The lowest BCUT2D eigenvalue weighted by Crippen LogP contribution is -2.46. The lowest BCUT2D eigenvalue weighted by molar-refractivity contribution is 0.284. The topological polar surface area (TPSA) is 43.2 Å². The molecule has 1 aromatic heterocycles. The lowest BCUT2D eigenvalue weighted by atomic mass is 10.1. The molecule has 1 fully saturated rings. The molecule has 2 aromatic rings. The predicted octanol–water partition coefficient (Wildman–Crippen LogP) is 3.41. The SMILES string of the molecule is Cc1cc(N2CCN(C/C=C/c3ccccc3)CC2)c(C#N)c(C)n1. The summed E-state index contributed by atoms with van der Waals surface area (Å²) in [6, 6.07) is 14.8. The fraction of sp³-hybridized carbons (Fsp3) is 0.333. The number of benzene rings is 1. The molecule has 0 unspecified atom stereocenters. The van der Waals surface area contributed by atoms with Gasteiger partial charge in [0.2, 0.25) is 0 Å². The van der Waals surface area contributed by atoms with Gasteiger partial charge in [-0.05, 0) is 25.5 Å². The van der Waals surface area contributed by atoms with E-state index in [4.69, 9.17) is 0 Å². The van der Waals surface area contributed by atoms with Gasteiger partial charge in [0.15, 0.2) is 0 Å². The Hall–Kier alpha value is -2.64. The minimum Gasteiger partial charge on any atom is -0.368 e. The van der Waals surface area contributed by atoms with Gasteiger partial charge in [-0.3, -0.25) is 9.88 Å². The van der Waals surface area contributed by atoms with Crippen LogP contribution in [0.25, 0.3) is 6.08 Å². The Balaban J connectivity index is 1.59. The largest absolute Gasteiger partial charge is 0.368 e. The van der Waals surface area contributed by atoms with E-state index in [-0.39, 0.29) is 0 Å². The second kappa shape index (κ2) is 7.96. The van der Waals surface area contributed by atoms with E-state index in [0.29, 0.717) is 5.56 Å². The van der Waals surface area contributed by atoms with Gasteiger partial charge in [-0.2, -0.15) is 5.26 Å². The number of aromatic nitrogens is 1. The second-order valence-electron chi connectivity index (χ2n) is 6.46. The van der Waals surface area contributed by atoms with Gasteiger partial charge >= 0.3 is 0 Å². The van der Waals surface area contributed by atoms with Crippen LogP contribution in [0.1, 0.15) is 22.5 Å². The van der Waals surface area contributed by atoms with E-state index >= 15 is 0 Å². The standard InChI is InChI=1S/C21H24N4/c1-17-15-21(20(16-22)18(2)23-17)25-13-11-24(12-14-25)10-6-9-19-7-4-3-5-8-19/h3-9,15H,10-14H2,1-2H3/b9-6+. The molecule has 0 aliphatic carbocycles. The molecule has 0 saturated carbocycles. The Bertz CT molecular complexity index is 782. The Morgan fingerprint density at radius 2 is 1.84 bits per heavy atom. The first-order valence-corrected chi connectivity index (χ1v) is 8.74. The second-order valence-corrected chi connectivity index (χ2v) is 6.46. The normalized spacial score (nSPS) is 15.5. The zero-order valence-corrected chi connectivity index (χ0v) is 14.9. The third-order valence-corrected chi connectivity index (χ3v) is 4.61. The van der Waals surface area contributed by atoms with Crippen LogP contribution < -0.4 is 4.90 Å². The number of pyridine rings is 1. The minimum atomic E-state index is 0.711. The highest BCUT2D eigenvalue weighted by Gasteiger charge is 2.20. The molecule has 0 bridgehead atoms. The van der Waals surface area contributed by atoms with E-state index in [9.17, 15) is 5.26 Å². The van der Waals surface area contributed by atoms with Crippen molar-refractivity contribution in [1.29, 1.82) is 5.26 Å². The van der Waals surface area contributed by atoms with Crippen molar-refractivity contribution in [2.24, 2.45) is 0 Å². The summed E-state index contributed by atoms with van der Waals surface area (Å²) in [5.41, 5.74) is 4.78. The highest BCUT2D eigenvalue weighted by atomic mass is 15.3. The fourth-order valence-corrected chi connectivity index (χ4v) is 3.27. The van der Waals surface area contributed by atoms with Crippen LogP contribution in [0.15, 0.2) is 42.5 Å². The Morgan fingerprint density at radius 3 is 2.52 bits per heavy atom. The first-order chi connectivity index (χ1) is 12.2. The summed E-state index contributed by atoms with van der Waals surface area (Å²) in [7, 11) is 0. The molecule has 0 spiro atoms. The van der Waals surface area contributed by atoms with E-state index < -0.39 is 0 Å². The molecule has 0 atom stereocenters. The van der Waals surface area contributed by atoms with Crippen LogP contribution in [0, 0.1) is 25.2 Å². The van der Waals surface area contributed by atoms with Gasteiger partial charge < -0.3 is 4.90 Å². The summed E-state index contributed by atoms with van der Waals surface area (Å²) in [5.74, 6) is 0.